The number of rotatable bonds is 9. The van der Waals surface area contributed by atoms with Crippen molar-refractivity contribution >= 4 is 29.3 Å². The Morgan fingerprint density at radius 3 is 2.15 bits per heavy atom. The summed E-state index contributed by atoms with van der Waals surface area (Å²) < 4.78 is 43.1. The number of esters is 1. The summed E-state index contributed by atoms with van der Waals surface area (Å²) >= 11 is 0. The largest absolute Gasteiger partial charge is 0.462 e. The summed E-state index contributed by atoms with van der Waals surface area (Å²) in [7, 11) is 0. The average molecular weight is 464 g/mol. The Balaban J connectivity index is 2.28. The third kappa shape index (κ3) is 6.90. The van der Waals surface area contributed by atoms with Crippen LogP contribution in [0, 0.1) is 0 Å². The van der Waals surface area contributed by atoms with Gasteiger partial charge in [-0.1, -0.05) is 13.3 Å². The number of unbranched alkanes of at least 4 members (excludes halogenated alkanes) is 1. The molecule has 2 rings (SSSR count). The van der Waals surface area contributed by atoms with Gasteiger partial charge < -0.3 is 15.4 Å². The zero-order valence-electron chi connectivity index (χ0n) is 18.0. The van der Waals surface area contributed by atoms with E-state index in [0.717, 1.165) is 36.8 Å². The van der Waals surface area contributed by atoms with Crippen molar-refractivity contribution in [2.75, 3.05) is 18.5 Å². The van der Waals surface area contributed by atoms with Gasteiger partial charge in [-0.2, -0.15) is 13.2 Å². The van der Waals surface area contributed by atoms with Gasteiger partial charge in [0.05, 0.1) is 23.4 Å². The monoisotopic (exact) mass is 464 g/mol. The molecule has 2 amide bonds. The molecule has 0 radical (unpaired) electrons. The van der Waals surface area contributed by atoms with Crippen LogP contribution < -0.4 is 10.6 Å². The Morgan fingerprint density at radius 1 is 0.939 bits per heavy atom. The Labute approximate surface area is 188 Å². The number of ketones is 1. The van der Waals surface area contributed by atoms with Gasteiger partial charge in [0.15, 0.2) is 0 Å². The van der Waals surface area contributed by atoms with Crippen molar-refractivity contribution in [2.45, 2.75) is 32.9 Å². The van der Waals surface area contributed by atoms with E-state index >= 15 is 0 Å². The van der Waals surface area contributed by atoms with E-state index in [2.05, 4.69) is 10.6 Å². The van der Waals surface area contributed by atoms with E-state index in [1.165, 1.54) is 12.1 Å². The van der Waals surface area contributed by atoms with Gasteiger partial charge in [0.1, 0.15) is 0 Å². The van der Waals surface area contributed by atoms with Crippen molar-refractivity contribution in [3.8, 4) is 0 Å². The van der Waals surface area contributed by atoms with E-state index in [1.807, 2.05) is 6.92 Å². The number of anilines is 1. The molecule has 7 nitrogen and oxygen atoms in total. The fourth-order valence-electron chi connectivity index (χ4n) is 2.77. The van der Waals surface area contributed by atoms with Crippen molar-refractivity contribution < 1.29 is 37.1 Å². The molecule has 0 aliphatic carbocycles. The molecule has 0 aromatic heterocycles. The van der Waals surface area contributed by atoms with Crippen molar-refractivity contribution in [2.24, 2.45) is 0 Å². The quantitative estimate of drug-likeness (QED) is 0.250. The molecule has 33 heavy (non-hydrogen) atoms. The number of carbonyl (C=O) groups is 4. The number of alkyl halides is 3. The molecule has 2 aromatic rings. The minimum absolute atomic E-state index is 0.0147. The van der Waals surface area contributed by atoms with Crippen molar-refractivity contribution in [1.82, 2.24) is 5.32 Å². The molecule has 0 heterocycles. The minimum atomic E-state index is -4.54. The van der Waals surface area contributed by atoms with Crippen LogP contribution in [0.4, 0.5) is 18.9 Å². The smallest absolute Gasteiger partial charge is 0.416 e. The third-order valence-corrected chi connectivity index (χ3v) is 4.52. The lowest BCUT2D eigenvalue weighted by molar-refractivity contribution is -0.137. The van der Waals surface area contributed by atoms with Crippen molar-refractivity contribution in [1.29, 1.82) is 0 Å². The maximum absolute atomic E-state index is 12.7. The number of carbonyl (C=O) groups excluding carboxylic acids is 4. The SMILES string of the molecule is CCCCNC(=O)C(=O)c1ccc(NC(=O)c2ccc(C(F)(F)F)cc2)c(C(=O)OCC)c1. The summed E-state index contributed by atoms with van der Waals surface area (Å²) in [6.07, 6.45) is -3.02. The van der Waals surface area contributed by atoms with Crippen LogP contribution in [0.25, 0.3) is 0 Å². The van der Waals surface area contributed by atoms with Gasteiger partial charge in [-0.3, -0.25) is 14.4 Å². The predicted molar refractivity (Wildman–Crippen MR) is 114 cm³/mol. The highest BCUT2D eigenvalue weighted by atomic mass is 19.4. The second kappa shape index (κ2) is 11.3. The van der Waals surface area contributed by atoms with E-state index in [4.69, 9.17) is 4.74 Å². The fourth-order valence-corrected chi connectivity index (χ4v) is 2.77. The van der Waals surface area contributed by atoms with Crippen LogP contribution in [0.3, 0.4) is 0 Å². The minimum Gasteiger partial charge on any atom is -0.462 e. The molecule has 0 atom stereocenters. The lowest BCUT2D eigenvalue weighted by Gasteiger charge is -2.13. The molecule has 0 unspecified atom stereocenters. The number of Topliss-reactive ketones (excluding diaryl/α,β-unsaturated/α-hetero) is 1. The number of ether oxygens (including phenoxy) is 1. The highest BCUT2D eigenvalue weighted by Crippen LogP contribution is 2.29. The van der Waals surface area contributed by atoms with Crippen molar-refractivity contribution in [3.63, 3.8) is 0 Å². The molecular weight excluding hydrogens is 441 g/mol. The second-order valence-electron chi connectivity index (χ2n) is 6.95. The zero-order chi connectivity index (χ0) is 24.6. The normalized spacial score (nSPS) is 10.9. The summed E-state index contributed by atoms with van der Waals surface area (Å²) in [5.74, 6) is -3.32. The van der Waals surface area contributed by atoms with Crippen molar-refractivity contribution in [3.05, 3.63) is 64.7 Å². The predicted octanol–water partition coefficient (Wildman–Crippen LogP) is 4.23. The van der Waals surface area contributed by atoms with Gasteiger partial charge in [-0.25, -0.2) is 4.79 Å². The summed E-state index contributed by atoms with van der Waals surface area (Å²) in [4.78, 5) is 49.3. The summed E-state index contributed by atoms with van der Waals surface area (Å²) in [6.45, 7) is 3.83. The second-order valence-corrected chi connectivity index (χ2v) is 6.95. The van der Waals surface area contributed by atoms with Crippen LogP contribution in [0.2, 0.25) is 0 Å². The highest BCUT2D eigenvalue weighted by molar-refractivity contribution is 6.43. The molecule has 0 fully saturated rings. The summed E-state index contributed by atoms with van der Waals surface area (Å²) in [5.41, 5.74) is -1.27. The number of hydrogen-bond acceptors (Lipinski definition) is 5. The van der Waals surface area contributed by atoms with E-state index in [-0.39, 0.29) is 29.0 Å². The molecule has 0 saturated carbocycles. The maximum atomic E-state index is 12.7. The Kier molecular flexibility index (Phi) is 8.72. The molecule has 0 saturated heterocycles. The van der Waals surface area contributed by atoms with Gasteiger partial charge in [0.2, 0.25) is 5.78 Å². The van der Waals surface area contributed by atoms with Crippen LogP contribution in [0.5, 0.6) is 0 Å². The van der Waals surface area contributed by atoms with Gasteiger partial charge in [0, 0.05) is 17.7 Å². The van der Waals surface area contributed by atoms with Gasteiger partial charge in [0.25, 0.3) is 11.8 Å². The Hall–Kier alpha value is -3.69. The number of benzene rings is 2. The number of halogens is 3. The van der Waals surface area contributed by atoms with Gasteiger partial charge in [-0.15, -0.1) is 0 Å². The molecule has 0 bridgehead atoms. The van der Waals surface area contributed by atoms with Crippen LogP contribution in [-0.4, -0.2) is 36.7 Å². The zero-order valence-corrected chi connectivity index (χ0v) is 18.0. The van der Waals surface area contributed by atoms with E-state index in [1.54, 1.807) is 6.92 Å². The van der Waals surface area contributed by atoms with E-state index in [0.29, 0.717) is 13.0 Å². The molecule has 2 N–H and O–H groups in total. The summed E-state index contributed by atoms with van der Waals surface area (Å²) in [6, 6.07) is 7.16. The molecule has 0 aliphatic rings. The number of amides is 2. The fraction of sp³-hybridized carbons (Fsp3) is 0.304. The standard InChI is InChI=1S/C23H23F3N2O5/c1-3-5-12-27-21(31)19(29)15-8-11-18(17(13-15)22(32)33-4-2)28-20(30)14-6-9-16(10-7-14)23(24,25)26/h6-11,13H,3-5,12H2,1-2H3,(H,27,31)(H,28,30). The molecule has 2 aromatic carbocycles. The first kappa shape index (κ1) is 25.6. The highest BCUT2D eigenvalue weighted by Gasteiger charge is 2.30. The molecular formula is C23H23F3N2O5. The van der Waals surface area contributed by atoms with Crippen LogP contribution in [-0.2, 0) is 15.7 Å². The lowest BCUT2D eigenvalue weighted by atomic mass is 10.0. The van der Waals surface area contributed by atoms with Crippen LogP contribution in [0.15, 0.2) is 42.5 Å². The summed E-state index contributed by atoms with van der Waals surface area (Å²) in [5, 5.41) is 4.91. The first-order valence-corrected chi connectivity index (χ1v) is 10.2. The van der Waals surface area contributed by atoms with Crippen LogP contribution in [0.1, 0.15) is 63.3 Å². The van der Waals surface area contributed by atoms with E-state index in [9.17, 15) is 32.3 Å². The maximum Gasteiger partial charge on any atom is 0.416 e. The van der Waals surface area contributed by atoms with Crippen LogP contribution >= 0.6 is 0 Å². The van der Waals surface area contributed by atoms with E-state index < -0.39 is 35.3 Å². The number of hydrogen-bond donors (Lipinski definition) is 2. The molecule has 176 valence electrons. The number of nitrogens with one attached hydrogen (secondary N) is 2. The third-order valence-electron chi connectivity index (χ3n) is 4.52. The first-order valence-electron chi connectivity index (χ1n) is 10.2. The average Bonchev–Trinajstić information content (AvgIpc) is 2.78. The Morgan fingerprint density at radius 2 is 1.58 bits per heavy atom. The Bertz CT molecular complexity index is 1030. The molecule has 0 spiro atoms. The molecule has 0 aliphatic heterocycles. The molecule has 10 heteroatoms. The van der Waals surface area contributed by atoms with Gasteiger partial charge >= 0.3 is 12.1 Å². The lowest BCUT2D eigenvalue weighted by Crippen LogP contribution is -2.32. The first-order chi connectivity index (χ1) is 15.6. The topological polar surface area (TPSA) is 102 Å². The van der Waals surface area contributed by atoms with Gasteiger partial charge in [-0.05, 0) is 55.8 Å².